The summed E-state index contributed by atoms with van der Waals surface area (Å²) in [7, 11) is 1.36. The number of aromatic carboxylic acids is 1. The van der Waals surface area contributed by atoms with E-state index in [4.69, 9.17) is 28.3 Å². The van der Waals surface area contributed by atoms with E-state index < -0.39 is 5.97 Å². The van der Waals surface area contributed by atoms with Gasteiger partial charge in [-0.05, 0) is 24.3 Å². The first-order chi connectivity index (χ1) is 12.9. The van der Waals surface area contributed by atoms with Crippen molar-refractivity contribution in [3.05, 3.63) is 56.7 Å². The van der Waals surface area contributed by atoms with Crippen LogP contribution in [0.2, 0.25) is 10.3 Å². The van der Waals surface area contributed by atoms with E-state index >= 15 is 0 Å². The predicted octanol–water partition coefficient (Wildman–Crippen LogP) is 2.21. The van der Waals surface area contributed by atoms with Crippen LogP contribution >= 0.6 is 45.9 Å². The average Bonchev–Trinajstić information content (AvgIpc) is 3.24. The van der Waals surface area contributed by atoms with Crippen molar-refractivity contribution in [1.29, 1.82) is 0 Å². The van der Waals surface area contributed by atoms with Gasteiger partial charge in [0.05, 0.1) is 7.11 Å². The molecule has 4 aromatic rings. The second-order valence-electron chi connectivity index (χ2n) is 5.11. The molecule has 0 unspecified atom stereocenters. The summed E-state index contributed by atoms with van der Waals surface area (Å²) in [6, 6.07) is 6.73. The van der Waals surface area contributed by atoms with Gasteiger partial charge in [0.2, 0.25) is 0 Å². The zero-order chi connectivity index (χ0) is 19.6. The number of methoxy groups -OCH3 is 1. The Morgan fingerprint density at radius 3 is 1.83 bits per heavy atom. The van der Waals surface area contributed by atoms with Crippen LogP contribution in [0.5, 0.6) is 0 Å². The summed E-state index contributed by atoms with van der Waals surface area (Å²) >= 11 is 13.9. The molecule has 29 heavy (non-hydrogen) atoms. The van der Waals surface area contributed by atoms with E-state index in [9.17, 15) is 9.59 Å². The number of carbonyl (C=O) groups is 2. The molecule has 0 spiro atoms. The normalized spacial score (nSPS) is 9.76. The smallest absolute Gasteiger partial charge is 0.870 e. The van der Waals surface area contributed by atoms with E-state index in [2.05, 4.69) is 14.7 Å². The van der Waals surface area contributed by atoms with E-state index in [1.54, 1.807) is 36.7 Å². The molecule has 0 aliphatic heterocycles. The van der Waals surface area contributed by atoms with Crippen molar-refractivity contribution in [2.24, 2.45) is 0 Å². The predicted molar refractivity (Wildman–Crippen MR) is 109 cm³/mol. The van der Waals surface area contributed by atoms with E-state index in [-0.39, 0.29) is 30.3 Å². The number of ether oxygens (including phenoxy) is 1. The second-order valence-corrected chi connectivity index (χ2v) is 8.05. The van der Waals surface area contributed by atoms with Crippen molar-refractivity contribution < 1.29 is 43.8 Å². The molecule has 4 aromatic heterocycles. The molecular weight excluding hydrogens is 454 g/mol. The van der Waals surface area contributed by atoms with Gasteiger partial charge in [-0.15, -0.1) is 22.7 Å². The maximum Gasteiger partial charge on any atom is 1.00 e. The first-order valence-electron chi connectivity index (χ1n) is 7.29. The number of hydrogen-bond acceptors (Lipinski definition) is 8. The molecule has 7 nitrogen and oxygen atoms in total. The number of carboxylic acids is 1. The molecule has 2 N–H and O–H groups in total. The Bertz CT molecular complexity index is 1170. The van der Waals surface area contributed by atoms with Crippen LogP contribution in [0, 0.1) is 0 Å². The third-order valence-electron chi connectivity index (χ3n) is 3.33. The number of halogens is 2. The molecule has 0 aromatic carbocycles. The summed E-state index contributed by atoms with van der Waals surface area (Å²) in [5, 5.41) is 11.2. The second kappa shape index (κ2) is 10.9. The van der Waals surface area contributed by atoms with Gasteiger partial charge < -0.3 is 15.3 Å². The Balaban J connectivity index is 0.000000272. The molecule has 0 aliphatic rings. The van der Waals surface area contributed by atoms with E-state index in [0.29, 0.717) is 20.1 Å². The number of rotatable bonds is 2. The van der Waals surface area contributed by atoms with Gasteiger partial charge in [-0.25, -0.2) is 19.6 Å². The Kier molecular flexibility index (Phi) is 9.52. The molecule has 146 valence electrons. The quantitative estimate of drug-likeness (QED) is 0.274. The van der Waals surface area contributed by atoms with Gasteiger partial charge >= 0.3 is 30.8 Å². The van der Waals surface area contributed by atoms with E-state index in [1.165, 1.54) is 29.8 Å². The van der Waals surface area contributed by atoms with Crippen molar-refractivity contribution in [2.45, 2.75) is 0 Å². The number of carbonyl (C=O) groups excluding carboxylic acids is 1. The third-order valence-corrected chi connectivity index (χ3v) is 5.91. The minimum atomic E-state index is -0.919. The minimum absolute atomic E-state index is 0. The first-order valence-corrected chi connectivity index (χ1v) is 9.68. The van der Waals surface area contributed by atoms with Crippen molar-refractivity contribution in [3.63, 3.8) is 0 Å². The summed E-state index contributed by atoms with van der Waals surface area (Å²) in [5.41, 5.74) is 0. The number of esters is 1. The van der Waals surface area contributed by atoms with Crippen LogP contribution in [-0.2, 0) is 4.74 Å². The molecule has 0 saturated heterocycles. The van der Waals surface area contributed by atoms with Crippen molar-refractivity contribution in [2.75, 3.05) is 7.11 Å². The number of thiophene rings is 2. The number of nitrogens with zero attached hydrogens (tertiary/aromatic N) is 2. The number of aromatic nitrogens is 2. The molecular formula is C17H11Cl2LiN2O5S2. The summed E-state index contributed by atoms with van der Waals surface area (Å²) in [6.07, 6.45) is 3.21. The fraction of sp³-hybridized carbons (Fsp3) is 0.0588. The van der Waals surface area contributed by atoms with Gasteiger partial charge in [0.15, 0.2) is 0 Å². The molecule has 4 heterocycles. The molecule has 0 saturated carbocycles. The van der Waals surface area contributed by atoms with E-state index in [0.717, 1.165) is 20.2 Å². The molecule has 4 rings (SSSR count). The first kappa shape index (κ1) is 25.3. The summed E-state index contributed by atoms with van der Waals surface area (Å²) in [5.74, 6) is -1.25. The number of carboxylic acid groups (broad SMARTS) is 1. The van der Waals surface area contributed by atoms with Gasteiger partial charge in [-0.1, -0.05) is 23.2 Å². The molecule has 0 atom stereocenters. The average molecular weight is 465 g/mol. The zero-order valence-corrected chi connectivity index (χ0v) is 18.2. The van der Waals surface area contributed by atoms with Crippen LogP contribution in [0.3, 0.4) is 0 Å². The largest absolute Gasteiger partial charge is 1.00 e. The van der Waals surface area contributed by atoms with Crippen molar-refractivity contribution >= 4 is 78.0 Å². The third kappa shape index (κ3) is 6.14. The topological polar surface area (TPSA) is 119 Å². The summed E-state index contributed by atoms with van der Waals surface area (Å²) in [6.45, 7) is 0. The van der Waals surface area contributed by atoms with Gasteiger partial charge in [0.1, 0.15) is 20.1 Å². The molecule has 0 amide bonds. The van der Waals surface area contributed by atoms with Crippen LogP contribution in [0.15, 0.2) is 36.7 Å². The number of hydrogen-bond donors (Lipinski definition) is 1. The van der Waals surface area contributed by atoms with E-state index in [1.807, 2.05) is 0 Å². The Morgan fingerprint density at radius 1 is 0.931 bits per heavy atom. The van der Waals surface area contributed by atoms with Crippen LogP contribution < -0.4 is 18.9 Å². The van der Waals surface area contributed by atoms with Gasteiger partial charge in [0, 0.05) is 32.6 Å². The molecule has 12 heteroatoms. The summed E-state index contributed by atoms with van der Waals surface area (Å²) in [4.78, 5) is 30.5. The number of pyridine rings is 2. The zero-order valence-electron chi connectivity index (χ0n) is 15.1. The maximum absolute atomic E-state index is 11.2. The van der Waals surface area contributed by atoms with Crippen molar-refractivity contribution in [1.82, 2.24) is 9.97 Å². The Hall–Kier alpha value is -1.70. The van der Waals surface area contributed by atoms with Crippen LogP contribution in [0.1, 0.15) is 19.3 Å². The molecule has 0 fully saturated rings. The van der Waals surface area contributed by atoms with Crippen LogP contribution in [0.4, 0.5) is 0 Å². The molecule has 0 aliphatic carbocycles. The Morgan fingerprint density at radius 2 is 1.38 bits per heavy atom. The van der Waals surface area contributed by atoms with Gasteiger partial charge in [0.25, 0.3) is 0 Å². The molecule has 0 radical (unpaired) electrons. The standard InChI is InChI=1S/C9H6ClNO2S.C8H4ClNO2S.Li.H2O/c1-13-9(12)7-2-5-4-11-8(10)3-6(5)14-7;9-7-2-5-4(3-10-7)1-6(13-5)8(11)12;;/h2-4H,1H3;1-3H,(H,11,12);;1H2/q;;+1;/p-1. The van der Waals surface area contributed by atoms with Gasteiger partial charge in [-0.2, -0.15) is 0 Å². The van der Waals surface area contributed by atoms with Crippen LogP contribution in [0.25, 0.3) is 20.2 Å². The molecule has 0 bridgehead atoms. The monoisotopic (exact) mass is 464 g/mol. The SMILES string of the molecule is COC(=O)c1cc2cnc(Cl)cc2s1.O=C(O)c1cc2cnc(Cl)cc2s1.[Li+].[OH-]. The fourth-order valence-corrected chi connectivity index (χ4v) is 4.47. The Labute approximate surface area is 194 Å². The minimum Gasteiger partial charge on any atom is -0.870 e. The summed E-state index contributed by atoms with van der Waals surface area (Å²) < 4.78 is 6.39. The van der Waals surface area contributed by atoms with Gasteiger partial charge in [-0.3, -0.25) is 0 Å². The fourth-order valence-electron chi connectivity index (χ4n) is 2.13. The van der Waals surface area contributed by atoms with Crippen molar-refractivity contribution in [3.8, 4) is 0 Å². The number of fused-ring (bicyclic) bond motifs is 2. The van der Waals surface area contributed by atoms with Crippen LogP contribution in [-0.4, -0.2) is 39.6 Å². The maximum atomic E-state index is 11.2.